The second-order valence-corrected chi connectivity index (χ2v) is 31.8. The molecule has 6 aromatic heterocycles. The van der Waals surface area contributed by atoms with E-state index in [2.05, 4.69) is 163 Å². The van der Waals surface area contributed by atoms with Crippen molar-refractivity contribution in [1.29, 1.82) is 0 Å². The Bertz CT molecular complexity index is 5190. The highest BCUT2D eigenvalue weighted by Gasteiger charge is 2.35. The van der Waals surface area contributed by atoms with Gasteiger partial charge in [0.25, 0.3) is 11.8 Å². The molecule has 0 radical (unpaired) electrons. The molecule has 11 rings (SSSR count). The molecule has 6 heterocycles. The van der Waals surface area contributed by atoms with Gasteiger partial charge < -0.3 is 46.2 Å². The molecule has 5 aromatic carbocycles. The van der Waals surface area contributed by atoms with Crippen LogP contribution in [0.4, 0.5) is 11.4 Å². The van der Waals surface area contributed by atoms with Gasteiger partial charge in [-0.25, -0.2) is 26.7 Å². The lowest BCUT2D eigenvalue weighted by Gasteiger charge is -2.37. The number of anilines is 2. The molecule has 0 spiro atoms. The molecule has 11 N–H and O–H groups in total. The van der Waals surface area contributed by atoms with E-state index in [0.717, 1.165) is 114 Å². The fourth-order valence-electron chi connectivity index (χ4n) is 12.6. The number of nitrogens with two attached hydrogens (primary N) is 1. The lowest BCUT2D eigenvalue weighted by atomic mass is 9.93. The number of ether oxygens (including phenoxy) is 2. The van der Waals surface area contributed by atoms with E-state index in [1.54, 1.807) is 42.6 Å². The number of primary amides is 1. The van der Waals surface area contributed by atoms with Crippen molar-refractivity contribution < 1.29 is 47.3 Å². The number of rotatable bonds is 24. The van der Waals surface area contributed by atoms with Crippen LogP contribution in [0.15, 0.2) is 89.8 Å². The quantitative estimate of drug-likeness (QED) is 0.0198. The van der Waals surface area contributed by atoms with Crippen LogP contribution in [0.2, 0.25) is 0 Å². The van der Waals surface area contributed by atoms with Gasteiger partial charge in [-0.05, 0) is 149 Å². The van der Waals surface area contributed by atoms with Gasteiger partial charge in [0.05, 0.1) is 24.5 Å². The number of hydrogen-bond acceptors (Lipinski definition) is 17. The Morgan fingerprint density at radius 2 is 1.09 bits per heavy atom. The first-order valence-electron chi connectivity index (χ1n) is 35.3. The Morgan fingerprint density at radius 3 is 1.62 bits per heavy atom. The van der Waals surface area contributed by atoms with Crippen LogP contribution in [0.25, 0.3) is 39.7 Å². The maximum absolute atomic E-state index is 13.1. The zero-order chi connectivity index (χ0) is 77.7. The predicted molar refractivity (Wildman–Crippen MR) is 411 cm³/mol. The molecule has 1 unspecified atom stereocenters. The summed E-state index contributed by atoms with van der Waals surface area (Å²) in [5, 5.41) is 64.0. The van der Waals surface area contributed by atoms with Gasteiger partial charge in [0, 0.05) is 117 Å². The summed E-state index contributed by atoms with van der Waals surface area (Å²) in [5.41, 5.74) is 22.2. The van der Waals surface area contributed by atoms with Crippen molar-refractivity contribution >= 4 is 62.3 Å². The Balaban J connectivity index is 0.000000186. The average molecular weight is 1470 g/mol. The summed E-state index contributed by atoms with van der Waals surface area (Å²) < 4.78 is 45.1. The molecule has 11 aromatic rings. The zero-order valence-electron chi connectivity index (χ0n) is 64.2. The third-order valence-electron chi connectivity index (χ3n) is 18.4. The highest BCUT2D eigenvalue weighted by Crippen LogP contribution is 2.41. The molecule has 0 aliphatic heterocycles. The predicted octanol–water partition coefficient (Wildman–Crippen LogP) is 11.7. The number of aliphatic hydroxyl groups excluding tert-OH is 2. The number of aliphatic hydroxyl groups is 2. The van der Waals surface area contributed by atoms with E-state index in [1.165, 1.54) is 12.1 Å². The van der Waals surface area contributed by atoms with Crippen molar-refractivity contribution in [1.82, 2.24) is 69.5 Å². The van der Waals surface area contributed by atoms with Gasteiger partial charge in [-0.1, -0.05) is 106 Å². The first-order chi connectivity index (χ1) is 49.8. The van der Waals surface area contributed by atoms with Gasteiger partial charge in [0.1, 0.15) is 12.9 Å². The average Bonchev–Trinajstić information content (AvgIpc) is 1.60. The number of amides is 3. The zero-order valence-corrected chi connectivity index (χ0v) is 65.0. The van der Waals surface area contributed by atoms with E-state index in [4.69, 9.17) is 20.3 Å². The van der Waals surface area contributed by atoms with Gasteiger partial charge in [0.2, 0.25) is 15.9 Å². The molecule has 27 nitrogen and oxygen atoms in total. The molecule has 0 aliphatic carbocycles. The summed E-state index contributed by atoms with van der Waals surface area (Å²) >= 11 is 0. The fourth-order valence-corrected chi connectivity index (χ4v) is 13.9. The lowest BCUT2D eigenvalue weighted by molar-refractivity contribution is -0.111. The maximum atomic E-state index is 13.1. The Morgan fingerprint density at radius 1 is 0.575 bits per heavy atom. The molecule has 28 heteroatoms. The Kier molecular flexibility index (Phi) is 24.0. The minimum absolute atomic E-state index is 0.00820. The number of sulfonamides is 1. The van der Waals surface area contributed by atoms with Crippen molar-refractivity contribution in [3.05, 3.63) is 175 Å². The van der Waals surface area contributed by atoms with Crippen molar-refractivity contribution in [2.45, 2.75) is 184 Å². The molecular formula is C78H101N17O10S. The summed E-state index contributed by atoms with van der Waals surface area (Å²) in [6.07, 6.45) is 2.81. The van der Waals surface area contributed by atoms with E-state index in [-0.39, 0.29) is 71.3 Å². The Hall–Kier alpha value is -10.6. The number of H-pyrrole nitrogens is 3. The Labute approximate surface area is 618 Å². The number of nitrogens with one attached hydrogen (secondary N) is 7. The van der Waals surface area contributed by atoms with Gasteiger partial charge >= 0.3 is 0 Å². The number of benzene rings is 5. The van der Waals surface area contributed by atoms with Crippen LogP contribution in [0.5, 0.6) is 11.5 Å². The molecule has 3 amide bonds. The summed E-state index contributed by atoms with van der Waals surface area (Å²) in [7, 11) is -3.81. The smallest absolute Gasteiger partial charge is 0.255 e. The number of aldehydes is 1. The molecule has 106 heavy (non-hydrogen) atoms. The number of carbonyl (C=O) groups excluding carboxylic acids is 4. The minimum atomic E-state index is -3.81. The number of aryl methyl sites for hydroxylation is 7. The second-order valence-electron chi connectivity index (χ2n) is 30.1. The molecule has 564 valence electrons. The lowest BCUT2D eigenvalue weighted by Crippen LogP contribution is -2.45. The number of aromatic nitrogens is 12. The SMILES string of the molecule is CCCC(CC=O)(Nc1c(C)cc(C)c(-c2nnc3cc(C(C)(C)C)[nH]n23)c1C)Oc1cc(C)ccc1OCCO.Cc1ccc(C(=O)NCCc2nnc3cc(C(C)(C)C)[nH]n23)cc1S(=O)(=O)NCCO.Cc1ccc(C(=O)Nc2c(C)cc(C)c(-c3nnc4cc(C(C)(C)C)[nH]n34)c2C)cc1C(N)=O. The van der Waals surface area contributed by atoms with Gasteiger partial charge in [-0.3, -0.25) is 29.7 Å². The van der Waals surface area contributed by atoms with Crippen LogP contribution in [0, 0.1) is 62.3 Å². The number of carbonyl (C=O) groups is 4. The summed E-state index contributed by atoms with van der Waals surface area (Å²) in [6.45, 7) is 38.7. The van der Waals surface area contributed by atoms with E-state index >= 15 is 0 Å². The highest BCUT2D eigenvalue weighted by atomic mass is 32.2. The van der Waals surface area contributed by atoms with Crippen molar-refractivity contribution in [3.63, 3.8) is 0 Å². The van der Waals surface area contributed by atoms with Gasteiger partial charge in [-0.2, -0.15) is 0 Å². The number of fused-ring (bicyclic) bond motifs is 3. The van der Waals surface area contributed by atoms with E-state index in [9.17, 15) is 32.7 Å². The highest BCUT2D eigenvalue weighted by molar-refractivity contribution is 7.89. The van der Waals surface area contributed by atoms with Crippen LogP contribution < -0.4 is 35.9 Å². The fraction of sp³-hybridized carbons (Fsp3) is 0.410. The van der Waals surface area contributed by atoms with Crippen LogP contribution in [0.3, 0.4) is 0 Å². The maximum Gasteiger partial charge on any atom is 0.255 e. The normalized spacial score (nSPS) is 12.5. The summed E-state index contributed by atoms with van der Waals surface area (Å²) in [5.74, 6) is 1.87. The molecule has 0 fully saturated rings. The van der Waals surface area contributed by atoms with Crippen LogP contribution in [0.1, 0.15) is 193 Å². The number of aromatic amines is 3. The van der Waals surface area contributed by atoms with Crippen molar-refractivity contribution in [3.8, 4) is 34.3 Å². The van der Waals surface area contributed by atoms with Crippen LogP contribution in [-0.2, 0) is 37.5 Å². The van der Waals surface area contributed by atoms with E-state index in [1.807, 2.05) is 79.2 Å². The van der Waals surface area contributed by atoms with Crippen LogP contribution in [-0.4, -0.2) is 141 Å². The van der Waals surface area contributed by atoms with Gasteiger partial charge in [-0.15, -0.1) is 30.6 Å². The van der Waals surface area contributed by atoms with Crippen molar-refractivity contribution in [2.75, 3.05) is 43.5 Å². The minimum Gasteiger partial charge on any atom is -0.487 e. The van der Waals surface area contributed by atoms with E-state index in [0.29, 0.717) is 64.9 Å². The molecular weight excluding hydrogens is 1370 g/mol. The topological polar surface area (TPSA) is 373 Å². The summed E-state index contributed by atoms with van der Waals surface area (Å²) in [4.78, 5) is 49.5. The van der Waals surface area contributed by atoms with E-state index < -0.39 is 21.7 Å². The first-order valence-corrected chi connectivity index (χ1v) is 36.8. The molecule has 0 bridgehead atoms. The number of nitrogens with zero attached hydrogens (tertiary/aromatic N) is 9. The first kappa shape index (κ1) is 79.6. The number of hydrogen-bond donors (Lipinski definition) is 10. The van der Waals surface area contributed by atoms with Gasteiger partial charge in [0.15, 0.2) is 51.6 Å². The molecule has 0 saturated carbocycles. The third-order valence-corrected chi connectivity index (χ3v) is 20.0. The molecule has 0 saturated heterocycles. The van der Waals surface area contributed by atoms with Crippen molar-refractivity contribution in [2.24, 2.45) is 5.73 Å². The standard InChI is InChI=1S/C32H43N5O4.C26H30N6O2.C20H28N6O4S/c1-9-12-32(13-14-38,41-25-17-20(2)10-11-24(25)40-16-15-39)33-29-22(4)18-21(3)28(23(29)5)30-35-34-27-19-26(31(6,7)8)36-37(27)30;1-13-8-9-17(11-18(13)23(27)33)25(34)28-22-15(3)10-14(2)21(16(22)4)24-30-29-20-12-19(26(5,6)7)31-32(20)24;1-13-5-6-14(11-15(13)31(29,30)22-9-10-27)19(28)21-8-7-17-23-24-18-12-16(20(2,3)4)25-26(17)18/h10-11,14,17-19,33,36,39H,9,12-13,15-16H2,1-8H3;8-12,31H,1-7H3,(H2,27,33)(H,28,34);5-6,11-12,22,25,27H,7-10H2,1-4H3,(H,21,28). The monoisotopic (exact) mass is 1470 g/mol. The third kappa shape index (κ3) is 17.7. The second kappa shape index (κ2) is 32.0. The largest absolute Gasteiger partial charge is 0.487 e. The summed E-state index contributed by atoms with van der Waals surface area (Å²) in [6, 6.07) is 25.2. The molecule has 1 atom stereocenters. The molecule has 0 aliphatic rings. The van der Waals surface area contributed by atoms with Crippen LogP contribution >= 0.6 is 0 Å².